The Morgan fingerprint density at radius 2 is 1.65 bits per heavy atom. The lowest BCUT2D eigenvalue weighted by molar-refractivity contribution is -0.184. The molecule has 0 aromatic rings. The third-order valence-electron chi connectivity index (χ3n) is 3.48. The second kappa shape index (κ2) is 6.85. The maximum absolute atomic E-state index is 12.5. The van der Waals surface area contributed by atoms with E-state index in [9.17, 15) is 27.6 Å². The first-order valence-corrected chi connectivity index (χ1v) is 6.55. The molecule has 1 aliphatic rings. The fraction of sp³-hybridized carbons (Fsp3) is 0.769. The molecule has 1 saturated carbocycles. The first-order chi connectivity index (χ1) is 9.25. The molecule has 20 heavy (non-hydrogen) atoms. The molecule has 1 fully saturated rings. The molecule has 1 aliphatic carbocycles. The van der Waals surface area contributed by atoms with E-state index in [0.29, 0.717) is 0 Å². The van der Waals surface area contributed by atoms with Crippen LogP contribution >= 0.6 is 0 Å². The van der Waals surface area contributed by atoms with Crippen LogP contribution in [0.2, 0.25) is 0 Å². The van der Waals surface area contributed by atoms with Gasteiger partial charge >= 0.3 is 12.1 Å². The van der Waals surface area contributed by atoms with Gasteiger partial charge in [-0.15, -0.1) is 0 Å². The number of hydrogen-bond donors (Lipinski definition) is 0. The van der Waals surface area contributed by atoms with Crippen molar-refractivity contribution in [2.75, 3.05) is 6.61 Å². The Balaban J connectivity index is 2.43. The van der Waals surface area contributed by atoms with Crippen LogP contribution in [0.15, 0.2) is 0 Å². The second-order valence-electron chi connectivity index (χ2n) is 4.88. The summed E-state index contributed by atoms with van der Waals surface area (Å²) in [6, 6.07) is 0. The van der Waals surface area contributed by atoms with E-state index in [1.807, 2.05) is 0 Å². The normalized spacial score (nSPS) is 23.2. The minimum absolute atomic E-state index is 0.0372. The molecule has 0 heterocycles. The smallest absolute Gasteiger partial charge is 0.391 e. The van der Waals surface area contributed by atoms with Crippen molar-refractivity contribution in [1.29, 1.82) is 0 Å². The Labute approximate surface area is 114 Å². The Hall–Kier alpha value is -1.40. The topological polar surface area (TPSA) is 60.4 Å². The minimum atomic E-state index is -4.23. The van der Waals surface area contributed by atoms with Crippen LogP contribution in [-0.4, -0.2) is 30.3 Å². The first kappa shape index (κ1) is 16.7. The zero-order chi connectivity index (χ0) is 15.3. The molecule has 0 amide bonds. The molecule has 0 N–H and O–H groups in total. The highest BCUT2D eigenvalue weighted by Crippen LogP contribution is 2.39. The van der Waals surface area contributed by atoms with Gasteiger partial charge in [0.05, 0.1) is 18.9 Å². The molecule has 0 atom stereocenters. The second-order valence-corrected chi connectivity index (χ2v) is 4.88. The number of alkyl halides is 3. The number of halogens is 3. The predicted molar refractivity (Wildman–Crippen MR) is 62.8 cm³/mol. The van der Waals surface area contributed by atoms with Crippen LogP contribution in [0.4, 0.5) is 13.2 Å². The molecule has 7 heteroatoms. The van der Waals surface area contributed by atoms with Gasteiger partial charge in [-0.3, -0.25) is 9.59 Å². The van der Waals surface area contributed by atoms with Gasteiger partial charge < -0.3 is 4.74 Å². The van der Waals surface area contributed by atoms with Crippen LogP contribution in [0.25, 0.3) is 0 Å². The van der Waals surface area contributed by atoms with Crippen molar-refractivity contribution < 1.29 is 32.3 Å². The number of Topliss-reactive ketones (excluding diaryl/α,β-unsaturated/α-hetero) is 2. The monoisotopic (exact) mass is 294 g/mol. The van der Waals surface area contributed by atoms with Gasteiger partial charge in [-0.2, -0.15) is 13.2 Å². The number of hydrogen-bond acceptors (Lipinski definition) is 4. The molecule has 0 saturated heterocycles. The lowest BCUT2D eigenvalue weighted by atomic mass is 9.79. The summed E-state index contributed by atoms with van der Waals surface area (Å²) < 4.78 is 41.9. The molecule has 4 nitrogen and oxygen atoms in total. The quantitative estimate of drug-likeness (QED) is 0.444. The Bertz CT molecular complexity index is 382. The number of carbonyl (C=O) groups is 3. The van der Waals surface area contributed by atoms with Crippen molar-refractivity contribution in [3.05, 3.63) is 0 Å². The first-order valence-electron chi connectivity index (χ1n) is 6.55. The zero-order valence-corrected chi connectivity index (χ0v) is 11.2. The standard InChI is InChI=1S/C13H17F3O4/c1-2-20-12(19)11(18)7-10(17)8-3-5-9(6-4-8)13(14,15)16/h8-9H,2-7H2,1H3/t8-,9-. The third kappa shape index (κ3) is 4.61. The fourth-order valence-corrected chi connectivity index (χ4v) is 2.33. The van der Waals surface area contributed by atoms with E-state index >= 15 is 0 Å². The minimum Gasteiger partial charge on any atom is -0.460 e. The summed E-state index contributed by atoms with van der Waals surface area (Å²) in [4.78, 5) is 34.2. The van der Waals surface area contributed by atoms with Gasteiger partial charge in [-0.25, -0.2) is 4.79 Å². The number of carbonyl (C=O) groups excluding carboxylic acids is 3. The molecule has 0 bridgehead atoms. The molecule has 0 aromatic heterocycles. The van der Waals surface area contributed by atoms with Gasteiger partial charge in [0.15, 0.2) is 0 Å². The van der Waals surface area contributed by atoms with E-state index in [2.05, 4.69) is 4.74 Å². The average Bonchev–Trinajstić information content (AvgIpc) is 2.38. The van der Waals surface area contributed by atoms with Crippen LogP contribution in [-0.2, 0) is 19.1 Å². The predicted octanol–water partition coefficient (Wildman–Crippen LogP) is 2.45. The SMILES string of the molecule is CCOC(=O)C(=O)CC(=O)[C@H]1CC[C@H](C(F)(F)F)CC1. The lowest BCUT2D eigenvalue weighted by Gasteiger charge is -2.28. The molecule has 0 unspecified atom stereocenters. The van der Waals surface area contributed by atoms with Crippen LogP contribution in [0, 0.1) is 11.8 Å². The van der Waals surface area contributed by atoms with Crippen LogP contribution in [0.1, 0.15) is 39.0 Å². The van der Waals surface area contributed by atoms with Crippen molar-refractivity contribution in [1.82, 2.24) is 0 Å². The van der Waals surface area contributed by atoms with Crippen molar-refractivity contribution in [3.63, 3.8) is 0 Å². The van der Waals surface area contributed by atoms with E-state index in [4.69, 9.17) is 0 Å². The summed E-state index contributed by atoms with van der Waals surface area (Å²) in [6.07, 6.45) is -4.80. The largest absolute Gasteiger partial charge is 0.460 e. The maximum atomic E-state index is 12.5. The average molecular weight is 294 g/mol. The maximum Gasteiger partial charge on any atom is 0.391 e. The van der Waals surface area contributed by atoms with E-state index in [0.717, 1.165) is 0 Å². The number of ketones is 2. The molecular weight excluding hydrogens is 277 g/mol. The van der Waals surface area contributed by atoms with E-state index < -0.39 is 42.0 Å². The Morgan fingerprint density at radius 3 is 2.10 bits per heavy atom. The Morgan fingerprint density at radius 1 is 1.10 bits per heavy atom. The van der Waals surface area contributed by atoms with Crippen LogP contribution < -0.4 is 0 Å². The van der Waals surface area contributed by atoms with Gasteiger partial charge in [-0.1, -0.05) is 0 Å². The molecule has 0 radical (unpaired) electrons. The van der Waals surface area contributed by atoms with Crippen molar-refractivity contribution in [3.8, 4) is 0 Å². The van der Waals surface area contributed by atoms with E-state index in [1.54, 1.807) is 0 Å². The van der Waals surface area contributed by atoms with Crippen LogP contribution in [0.5, 0.6) is 0 Å². The van der Waals surface area contributed by atoms with Gasteiger partial charge in [-0.05, 0) is 32.6 Å². The third-order valence-corrected chi connectivity index (χ3v) is 3.48. The van der Waals surface area contributed by atoms with Crippen LogP contribution in [0.3, 0.4) is 0 Å². The van der Waals surface area contributed by atoms with Gasteiger partial charge in [0.25, 0.3) is 0 Å². The number of rotatable bonds is 5. The molecule has 114 valence electrons. The summed E-state index contributed by atoms with van der Waals surface area (Å²) in [6.45, 7) is 1.57. The summed E-state index contributed by atoms with van der Waals surface area (Å²) >= 11 is 0. The molecule has 0 spiro atoms. The van der Waals surface area contributed by atoms with Gasteiger partial charge in [0, 0.05) is 5.92 Å². The molecular formula is C13H17F3O4. The number of ether oxygens (including phenoxy) is 1. The van der Waals surface area contributed by atoms with Gasteiger partial charge in [0.2, 0.25) is 5.78 Å². The van der Waals surface area contributed by atoms with Crippen molar-refractivity contribution in [2.24, 2.45) is 11.8 Å². The highest BCUT2D eigenvalue weighted by molar-refractivity contribution is 6.37. The lowest BCUT2D eigenvalue weighted by Crippen LogP contribution is -2.31. The fourth-order valence-electron chi connectivity index (χ4n) is 2.33. The van der Waals surface area contributed by atoms with Gasteiger partial charge in [0.1, 0.15) is 5.78 Å². The van der Waals surface area contributed by atoms with E-state index in [-0.39, 0.29) is 32.3 Å². The molecule has 0 aromatic carbocycles. The summed E-state index contributed by atoms with van der Waals surface area (Å²) in [5.41, 5.74) is 0. The summed E-state index contributed by atoms with van der Waals surface area (Å²) in [7, 11) is 0. The van der Waals surface area contributed by atoms with Crippen molar-refractivity contribution in [2.45, 2.75) is 45.2 Å². The highest BCUT2D eigenvalue weighted by atomic mass is 19.4. The summed E-state index contributed by atoms with van der Waals surface area (Å²) in [5.74, 6) is -4.40. The molecule has 0 aliphatic heterocycles. The molecule has 1 rings (SSSR count). The Kier molecular flexibility index (Phi) is 5.71. The van der Waals surface area contributed by atoms with Crippen molar-refractivity contribution >= 4 is 17.5 Å². The zero-order valence-electron chi connectivity index (χ0n) is 11.2. The number of esters is 1. The highest BCUT2D eigenvalue weighted by Gasteiger charge is 2.42. The summed E-state index contributed by atoms with van der Waals surface area (Å²) in [5, 5.41) is 0. The van der Waals surface area contributed by atoms with E-state index in [1.165, 1.54) is 6.92 Å².